The van der Waals surface area contributed by atoms with Crippen molar-refractivity contribution in [3.05, 3.63) is 24.0 Å². The summed E-state index contributed by atoms with van der Waals surface area (Å²) in [6, 6.07) is 0. The molecule has 0 aromatic heterocycles. The first-order chi connectivity index (χ1) is 3.79. The zero-order valence-corrected chi connectivity index (χ0v) is 4.81. The van der Waals surface area contributed by atoms with Crippen LogP contribution in [0.3, 0.4) is 0 Å². The second-order valence-corrected chi connectivity index (χ2v) is 1.71. The van der Waals surface area contributed by atoms with Gasteiger partial charge in [-0.3, -0.25) is 0 Å². The molecule has 0 fully saturated rings. The van der Waals surface area contributed by atoms with Gasteiger partial charge in [0.2, 0.25) is 0 Å². The maximum absolute atomic E-state index is 3.94. The molecule has 1 heterocycles. The SMILES string of the molecule is C=C1C=C(C)N=CN1. The molecule has 1 rings (SSSR count). The lowest BCUT2D eigenvalue weighted by Gasteiger charge is -2.03. The first kappa shape index (κ1) is 5.09. The highest BCUT2D eigenvalue weighted by Gasteiger charge is 1.91. The molecule has 1 N–H and O–H groups in total. The van der Waals surface area contributed by atoms with Crippen molar-refractivity contribution < 1.29 is 0 Å². The maximum Gasteiger partial charge on any atom is 0.0926 e. The predicted molar refractivity (Wildman–Crippen MR) is 34.5 cm³/mol. The van der Waals surface area contributed by atoms with Crippen LogP contribution < -0.4 is 5.32 Å². The molecule has 0 bridgehead atoms. The fraction of sp³-hybridized carbons (Fsp3) is 0.167. The van der Waals surface area contributed by atoms with Crippen LogP contribution in [0.15, 0.2) is 29.0 Å². The smallest absolute Gasteiger partial charge is 0.0926 e. The van der Waals surface area contributed by atoms with E-state index in [4.69, 9.17) is 0 Å². The van der Waals surface area contributed by atoms with Gasteiger partial charge in [-0.1, -0.05) is 6.58 Å². The van der Waals surface area contributed by atoms with Crippen molar-refractivity contribution in [1.29, 1.82) is 0 Å². The first-order valence-corrected chi connectivity index (χ1v) is 2.45. The molecule has 0 radical (unpaired) electrons. The number of rotatable bonds is 0. The molecule has 0 saturated carbocycles. The summed E-state index contributed by atoms with van der Waals surface area (Å²) in [6.07, 6.45) is 3.53. The molecule has 1 aliphatic rings. The van der Waals surface area contributed by atoms with Crippen LogP contribution in [-0.4, -0.2) is 6.34 Å². The van der Waals surface area contributed by atoms with Gasteiger partial charge in [-0.25, -0.2) is 4.99 Å². The Morgan fingerprint density at radius 2 is 2.50 bits per heavy atom. The largest absolute Gasteiger partial charge is 0.347 e. The van der Waals surface area contributed by atoms with Crippen LogP contribution in [0.1, 0.15) is 6.92 Å². The molecule has 1 aliphatic heterocycles. The summed E-state index contributed by atoms with van der Waals surface area (Å²) >= 11 is 0. The van der Waals surface area contributed by atoms with Crippen LogP contribution in [-0.2, 0) is 0 Å². The van der Waals surface area contributed by atoms with E-state index in [0.717, 1.165) is 11.4 Å². The van der Waals surface area contributed by atoms with E-state index in [2.05, 4.69) is 16.9 Å². The van der Waals surface area contributed by atoms with E-state index in [1.165, 1.54) is 0 Å². The Morgan fingerprint density at radius 3 is 2.88 bits per heavy atom. The quantitative estimate of drug-likeness (QED) is 0.492. The van der Waals surface area contributed by atoms with Gasteiger partial charge >= 0.3 is 0 Å². The van der Waals surface area contributed by atoms with Gasteiger partial charge in [-0.2, -0.15) is 0 Å². The van der Waals surface area contributed by atoms with Crippen molar-refractivity contribution in [3.8, 4) is 0 Å². The van der Waals surface area contributed by atoms with Gasteiger partial charge in [0.05, 0.1) is 6.34 Å². The Balaban J connectivity index is 2.77. The second kappa shape index (κ2) is 1.82. The number of hydrogen-bond donors (Lipinski definition) is 1. The molecule has 0 unspecified atom stereocenters. The molecule has 2 nitrogen and oxygen atoms in total. The molecule has 0 spiro atoms. The summed E-state index contributed by atoms with van der Waals surface area (Å²) in [5, 5.41) is 2.85. The van der Waals surface area contributed by atoms with E-state index in [0.29, 0.717) is 0 Å². The topological polar surface area (TPSA) is 24.4 Å². The summed E-state index contributed by atoms with van der Waals surface area (Å²) in [7, 11) is 0. The highest BCUT2D eigenvalue weighted by atomic mass is 15.0. The molecule has 0 amide bonds. The van der Waals surface area contributed by atoms with Crippen molar-refractivity contribution in [2.45, 2.75) is 6.92 Å². The average Bonchev–Trinajstić information content (AvgIpc) is 1.64. The highest BCUT2D eigenvalue weighted by Crippen LogP contribution is 2.00. The molecule has 42 valence electrons. The number of hydrogen-bond acceptors (Lipinski definition) is 2. The number of nitrogens with zero attached hydrogens (tertiary/aromatic N) is 1. The minimum atomic E-state index is 0.900. The van der Waals surface area contributed by atoms with Crippen molar-refractivity contribution in [1.82, 2.24) is 5.32 Å². The average molecular weight is 108 g/mol. The van der Waals surface area contributed by atoms with E-state index < -0.39 is 0 Å². The first-order valence-electron chi connectivity index (χ1n) is 2.45. The zero-order chi connectivity index (χ0) is 5.98. The third-order valence-electron chi connectivity index (χ3n) is 0.901. The third-order valence-corrected chi connectivity index (χ3v) is 0.901. The third kappa shape index (κ3) is 0.964. The van der Waals surface area contributed by atoms with Crippen LogP contribution >= 0.6 is 0 Å². The lowest BCUT2D eigenvalue weighted by Crippen LogP contribution is -2.10. The van der Waals surface area contributed by atoms with Crippen LogP contribution in [0.25, 0.3) is 0 Å². The predicted octanol–water partition coefficient (Wildman–Crippen LogP) is 1.04. The van der Waals surface area contributed by atoms with Gasteiger partial charge in [0.1, 0.15) is 0 Å². The lowest BCUT2D eigenvalue weighted by atomic mass is 10.3. The van der Waals surface area contributed by atoms with Gasteiger partial charge < -0.3 is 5.32 Å². The minimum Gasteiger partial charge on any atom is -0.347 e. The van der Waals surface area contributed by atoms with Crippen LogP contribution in [0.2, 0.25) is 0 Å². The Hall–Kier alpha value is -1.05. The monoisotopic (exact) mass is 108 g/mol. The van der Waals surface area contributed by atoms with Gasteiger partial charge in [-0.05, 0) is 13.0 Å². The van der Waals surface area contributed by atoms with E-state index in [1.54, 1.807) is 6.34 Å². The molecule has 0 atom stereocenters. The van der Waals surface area contributed by atoms with Gasteiger partial charge in [0.25, 0.3) is 0 Å². The Morgan fingerprint density at radius 1 is 1.75 bits per heavy atom. The van der Waals surface area contributed by atoms with E-state index >= 15 is 0 Å². The molecule has 0 aliphatic carbocycles. The summed E-state index contributed by atoms with van der Waals surface area (Å²) < 4.78 is 0. The Bertz CT molecular complexity index is 165. The highest BCUT2D eigenvalue weighted by molar-refractivity contribution is 5.62. The van der Waals surface area contributed by atoms with Crippen LogP contribution in [0.5, 0.6) is 0 Å². The molecule has 0 aromatic carbocycles. The van der Waals surface area contributed by atoms with Crippen molar-refractivity contribution in [3.63, 3.8) is 0 Å². The molecule has 0 aromatic rings. The molecule has 2 heteroatoms. The molecular weight excluding hydrogens is 100 g/mol. The summed E-state index contributed by atoms with van der Waals surface area (Å²) in [4.78, 5) is 3.94. The van der Waals surface area contributed by atoms with Crippen LogP contribution in [0, 0.1) is 0 Å². The molecule has 8 heavy (non-hydrogen) atoms. The summed E-state index contributed by atoms with van der Waals surface area (Å²) in [5.74, 6) is 0. The maximum atomic E-state index is 3.94. The Labute approximate surface area is 48.6 Å². The zero-order valence-electron chi connectivity index (χ0n) is 4.81. The normalized spacial score (nSPS) is 17.6. The Kier molecular flexibility index (Phi) is 1.16. The minimum absolute atomic E-state index is 0.900. The van der Waals surface area contributed by atoms with E-state index in [9.17, 15) is 0 Å². The second-order valence-electron chi connectivity index (χ2n) is 1.71. The van der Waals surface area contributed by atoms with Crippen molar-refractivity contribution in [2.75, 3.05) is 0 Å². The summed E-state index contributed by atoms with van der Waals surface area (Å²) in [6.45, 7) is 5.62. The van der Waals surface area contributed by atoms with Gasteiger partial charge in [0, 0.05) is 11.4 Å². The lowest BCUT2D eigenvalue weighted by molar-refractivity contribution is 1.13. The van der Waals surface area contributed by atoms with Gasteiger partial charge in [-0.15, -0.1) is 0 Å². The van der Waals surface area contributed by atoms with Crippen molar-refractivity contribution in [2.24, 2.45) is 4.99 Å². The molecular formula is C6H8N2. The number of aliphatic imine (C=N–C) groups is 1. The van der Waals surface area contributed by atoms with Crippen molar-refractivity contribution >= 4 is 6.34 Å². The molecule has 0 saturated heterocycles. The van der Waals surface area contributed by atoms with Crippen LogP contribution in [0.4, 0.5) is 0 Å². The number of allylic oxidation sites excluding steroid dienone is 2. The fourth-order valence-electron chi connectivity index (χ4n) is 0.548. The fourth-order valence-corrected chi connectivity index (χ4v) is 0.548. The number of nitrogens with one attached hydrogen (secondary N) is 1. The van der Waals surface area contributed by atoms with E-state index in [-0.39, 0.29) is 0 Å². The van der Waals surface area contributed by atoms with Gasteiger partial charge in [0.15, 0.2) is 0 Å². The van der Waals surface area contributed by atoms with E-state index in [1.807, 2.05) is 13.0 Å². The standard InChI is InChI=1S/C6H8N2/c1-5-3-6(2)8-4-7-5/h3-4H,1H2,2H3,(H,7,8). The summed E-state index contributed by atoms with van der Waals surface area (Å²) in [5.41, 5.74) is 1.89.